The second-order valence-corrected chi connectivity index (χ2v) is 4.31. The summed E-state index contributed by atoms with van der Waals surface area (Å²) < 4.78 is 16.0. The van der Waals surface area contributed by atoms with E-state index in [9.17, 15) is 4.79 Å². The Kier molecular flexibility index (Phi) is 3.93. The van der Waals surface area contributed by atoms with Crippen LogP contribution in [0, 0.1) is 0 Å². The number of carboxylic acid groups (broad SMARTS) is 1. The van der Waals surface area contributed by atoms with Gasteiger partial charge in [0.1, 0.15) is 6.10 Å². The number of methoxy groups -OCH3 is 1. The lowest BCUT2D eigenvalue weighted by Gasteiger charge is -2.16. The molecule has 0 aromatic heterocycles. The molecule has 0 aliphatic carbocycles. The van der Waals surface area contributed by atoms with Crippen LogP contribution in [-0.2, 0) is 4.74 Å². The topological polar surface area (TPSA) is 65.0 Å². The predicted octanol–water partition coefficient (Wildman–Crippen LogP) is 2.21. The highest BCUT2D eigenvalue weighted by Crippen LogP contribution is 2.37. The van der Waals surface area contributed by atoms with E-state index in [1.807, 2.05) is 0 Å². The van der Waals surface area contributed by atoms with Gasteiger partial charge in [0.25, 0.3) is 0 Å². The van der Waals surface area contributed by atoms with Crippen molar-refractivity contribution in [3.05, 3.63) is 22.7 Å². The molecule has 1 aromatic carbocycles. The molecule has 6 heteroatoms. The van der Waals surface area contributed by atoms with Gasteiger partial charge in [-0.15, -0.1) is 0 Å². The van der Waals surface area contributed by atoms with Crippen molar-refractivity contribution in [3.63, 3.8) is 0 Å². The van der Waals surface area contributed by atoms with Gasteiger partial charge in [0, 0.05) is 6.42 Å². The van der Waals surface area contributed by atoms with Gasteiger partial charge in [-0.05, 0) is 12.1 Å². The van der Waals surface area contributed by atoms with Gasteiger partial charge in [0.15, 0.2) is 11.5 Å². The van der Waals surface area contributed by atoms with Crippen molar-refractivity contribution in [3.8, 4) is 11.5 Å². The molecule has 0 saturated carbocycles. The average Bonchev–Trinajstić information content (AvgIpc) is 2.84. The monoisotopic (exact) mass is 272 g/mol. The molecule has 0 spiro atoms. The van der Waals surface area contributed by atoms with Crippen LogP contribution < -0.4 is 9.47 Å². The molecule has 0 radical (unpaired) electrons. The molecule has 1 aliphatic heterocycles. The highest BCUT2D eigenvalue weighted by Gasteiger charge is 2.22. The van der Waals surface area contributed by atoms with Crippen molar-refractivity contribution in [2.45, 2.75) is 12.5 Å². The summed E-state index contributed by atoms with van der Waals surface area (Å²) in [5.41, 5.74) is 0.0619. The zero-order valence-electron chi connectivity index (χ0n) is 9.81. The lowest BCUT2D eigenvalue weighted by atomic mass is 10.2. The molecule has 18 heavy (non-hydrogen) atoms. The van der Waals surface area contributed by atoms with Crippen LogP contribution in [0.4, 0.5) is 0 Å². The van der Waals surface area contributed by atoms with Crippen LogP contribution in [0.3, 0.4) is 0 Å². The third-order valence-electron chi connectivity index (χ3n) is 2.65. The maximum absolute atomic E-state index is 10.9. The second kappa shape index (κ2) is 5.46. The van der Waals surface area contributed by atoms with Gasteiger partial charge < -0.3 is 19.3 Å². The molecule has 1 atom stereocenters. The van der Waals surface area contributed by atoms with Gasteiger partial charge in [-0.25, -0.2) is 4.79 Å². The summed E-state index contributed by atoms with van der Waals surface area (Å²) in [5, 5.41) is 9.15. The van der Waals surface area contributed by atoms with E-state index >= 15 is 0 Å². The van der Waals surface area contributed by atoms with E-state index in [0.29, 0.717) is 24.7 Å². The van der Waals surface area contributed by atoms with Gasteiger partial charge in [0.05, 0.1) is 30.9 Å². The van der Waals surface area contributed by atoms with E-state index in [4.69, 9.17) is 30.9 Å². The maximum atomic E-state index is 10.9. The van der Waals surface area contributed by atoms with Crippen LogP contribution in [0.15, 0.2) is 12.1 Å². The molecule has 1 aromatic rings. The van der Waals surface area contributed by atoms with Crippen molar-refractivity contribution >= 4 is 17.6 Å². The number of hydrogen-bond donors (Lipinski definition) is 1. The highest BCUT2D eigenvalue weighted by molar-refractivity contribution is 6.32. The molecule has 1 saturated heterocycles. The lowest BCUT2D eigenvalue weighted by Crippen LogP contribution is -2.16. The van der Waals surface area contributed by atoms with Gasteiger partial charge in [-0.1, -0.05) is 11.6 Å². The summed E-state index contributed by atoms with van der Waals surface area (Å²) in [6, 6.07) is 2.73. The molecule has 1 heterocycles. The Balaban J connectivity index is 2.30. The van der Waals surface area contributed by atoms with E-state index in [1.165, 1.54) is 19.2 Å². The number of hydrogen-bond acceptors (Lipinski definition) is 4. The fraction of sp³-hybridized carbons (Fsp3) is 0.417. The van der Waals surface area contributed by atoms with Crippen LogP contribution in [-0.4, -0.2) is 37.5 Å². The second-order valence-electron chi connectivity index (χ2n) is 3.90. The molecule has 2 rings (SSSR count). The summed E-state index contributed by atoms with van der Waals surface area (Å²) in [4.78, 5) is 10.9. The molecule has 0 bridgehead atoms. The van der Waals surface area contributed by atoms with Gasteiger partial charge in [-0.3, -0.25) is 0 Å². The Bertz CT molecular complexity index is 454. The number of aromatic carboxylic acids is 1. The Hall–Kier alpha value is -1.46. The highest BCUT2D eigenvalue weighted by atomic mass is 35.5. The Morgan fingerprint density at radius 3 is 2.89 bits per heavy atom. The summed E-state index contributed by atoms with van der Waals surface area (Å²) >= 11 is 6.03. The molecule has 1 aliphatic rings. The first-order chi connectivity index (χ1) is 8.61. The van der Waals surface area contributed by atoms with E-state index in [2.05, 4.69) is 0 Å². The SMILES string of the molecule is COc1cc(C(=O)O)cc(Cl)c1OC1CCOC1. The molecule has 1 N–H and O–H groups in total. The molecule has 5 nitrogen and oxygen atoms in total. The fourth-order valence-electron chi connectivity index (χ4n) is 1.73. The Morgan fingerprint density at radius 1 is 1.56 bits per heavy atom. The van der Waals surface area contributed by atoms with E-state index < -0.39 is 5.97 Å². The Labute approximate surface area is 109 Å². The van der Waals surface area contributed by atoms with Crippen LogP contribution >= 0.6 is 11.6 Å². The molecule has 1 unspecified atom stereocenters. The number of benzene rings is 1. The van der Waals surface area contributed by atoms with Crippen molar-refractivity contribution in [2.75, 3.05) is 20.3 Å². The smallest absolute Gasteiger partial charge is 0.335 e. The summed E-state index contributed by atoms with van der Waals surface area (Å²) in [7, 11) is 1.44. The lowest BCUT2D eigenvalue weighted by molar-refractivity contribution is 0.0696. The van der Waals surface area contributed by atoms with Gasteiger partial charge in [0.2, 0.25) is 0 Å². The van der Waals surface area contributed by atoms with Crippen molar-refractivity contribution in [1.82, 2.24) is 0 Å². The van der Waals surface area contributed by atoms with Gasteiger partial charge in [-0.2, -0.15) is 0 Å². The number of carbonyl (C=O) groups is 1. The zero-order chi connectivity index (χ0) is 13.1. The number of rotatable bonds is 4. The minimum absolute atomic E-state index is 0.0619. The maximum Gasteiger partial charge on any atom is 0.335 e. The van der Waals surface area contributed by atoms with Crippen LogP contribution in [0.2, 0.25) is 5.02 Å². The van der Waals surface area contributed by atoms with E-state index in [0.717, 1.165) is 6.42 Å². The Morgan fingerprint density at radius 2 is 2.33 bits per heavy atom. The first-order valence-corrected chi connectivity index (χ1v) is 5.85. The zero-order valence-corrected chi connectivity index (χ0v) is 10.6. The average molecular weight is 273 g/mol. The minimum atomic E-state index is -1.06. The standard InChI is InChI=1S/C12H13ClO5/c1-16-10-5-7(12(14)15)4-9(13)11(10)18-8-2-3-17-6-8/h4-5,8H,2-3,6H2,1H3,(H,14,15). The fourth-order valence-corrected chi connectivity index (χ4v) is 1.99. The summed E-state index contributed by atoms with van der Waals surface area (Å²) in [6.07, 6.45) is 0.701. The molecule has 0 amide bonds. The predicted molar refractivity (Wildman–Crippen MR) is 64.8 cm³/mol. The van der Waals surface area contributed by atoms with Crippen LogP contribution in [0.5, 0.6) is 11.5 Å². The molecule has 1 fully saturated rings. The van der Waals surface area contributed by atoms with E-state index in [-0.39, 0.29) is 16.7 Å². The summed E-state index contributed by atoms with van der Waals surface area (Å²) in [6.45, 7) is 1.15. The summed E-state index contributed by atoms with van der Waals surface area (Å²) in [5.74, 6) is -0.391. The van der Waals surface area contributed by atoms with Crippen LogP contribution in [0.1, 0.15) is 16.8 Å². The molecular weight excluding hydrogens is 260 g/mol. The van der Waals surface area contributed by atoms with Crippen molar-refractivity contribution < 1.29 is 24.1 Å². The molecule has 98 valence electrons. The number of halogens is 1. The van der Waals surface area contributed by atoms with Crippen molar-refractivity contribution in [2.24, 2.45) is 0 Å². The first-order valence-electron chi connectivity index (χ1n) is 5.47. The van der Waals surface area contributed by atoms with Gasteiger partial charge >= 0.3 is 5.97 Å². The largest absolute Gasteiger partial charge is 0.493 e. The van der Waals surface area contributed by atoms with Crippen LogP contribution in [0.25, 0.3) is 0 Å². The minimum Gasteiger partial charge on any atom is -0.493 e. The quantitative estimate of drug-likeness (QED) is 0.910. The normalized spacial score (nSPS) is 18.7. The number of ether oxygens (including phenoxy) is 3. The van der Waals surface area contributed by atoms with E-state index in [1.54, 1.807) is 0 Å². The third kappa shape index (κ3) is 2.68. The van der Waals surface area contributed by atoms with Crippen molar-refractivity contribution in [1.29, 1.82) is 0 Å². The third-order valence-corrected chi connectivity index (χ3v) is 2.93. The molecular formula is C12H13ClO5. The number of carboxylic acids is 1. The first kappa shape index (κ1) is 13.0.